The summed E-state index contributed by atoms with van der Waals surface area (Å²) in [5.74, 6) is -0.0661. The van der Waals surface area contributed by atoms with E-state index in [-0.39, 0.29) is 11.5 Å². The molecule has 0 spiro atoms. The highest BCUT2D eigenvalue weighted by atomic mass is 32.1. The number of phenolic OH excluding ortho intramolecular Hbond substituents is 2. The van der Waals surface area contributed by atoms with Gasteiger partial charge in [-0.1, -0.05) is 95.3 Å². The number of benzene rings is 1. The van der Waals surface area contributed by atoms with E-state index in [1.54, 1.807) is 23.5 Å². The number of aromatic hydroxyl groups is 2. The molecule has 2 aromatic rings. The average Bonchev–Trinajstić information content (AvgIpc) is 3.04. The fourth-order valence-electron chi connectivity index (χ4n) is 3.69. The largest absolute Gasteiger partial charge is 0.504 e. The molecule has 2 rings (SSSR count). The third-order valence-corrected chi connectivity index (χ3v) is 6.37. The molecule has 0 saturated carbocycles. The van der Waals surface area contributed by atoms with Crippen molar-refractivity contribution in [1.82, 2.24) is 0 Å². The number of rotatable bonds is 15. The number of thiazole rings is 1. The lowest BCUT2D eigenvalue weighted by molar-refractivity contribution is -0.667. The Kier molecular flexibility index (Phi) is 10.6. The van der Waals surface area contributed by atoms with Crippen molar-refractivity contribution in [1.29, 1.82) is 0 Å². The second kappa shape index (κ2) is 13.0. The zero-order valence-electron chi connectivity index (χ0n) is 17.1. The van der Waals surface area contributed by atoms with Crippen molar-refractivity contribution in [2.75, 3.05) is 0 Å². The summed E-state index contributed by atoms with van der Waals surface area (Å²) in [5.41, 5.74) is 3.11. The van der Waals surface area contributed by atoms with E-state index >= 15 is 0 Å². The predicted octanol–water partition coefficient (Wildman–Crippen LogP) is 7.08. The minimum atomic E-state index is -0.0343. The molecule has 4 heteroatoms. The van der Waals surface area contributed by atoms with Crippen LogP contribution in [0.2, 0.25) is 0 Å². The summed E-state index contributed by atoms with van der Waals surface area (Å²) in [6.45, 7) is 3.27. The highest BCUT2D eigenvalue weighted by Crippen LogP contribution is 2.30. The first-order valence-electron chi connectivity index (χ1n) is 11.0. The van der Waals surface area contributed by atoms with Crippen LogP contribution in [0, 0.1) is 0 Å². The number of hydrogen-bond donors (Lipinski definition) is 2. The van der Waals surface area contributed by atoms with Crippen LogP contribution in [0.25, 0.3) is 10.2 Å². The van der Waals surface area contributed by atoms with E-state index in [0.29, 0.717) is 0 Å². The maximum Gasteiger partial charge on any atom is 0.227 e. The molecule has 27 heavy (non-hydrogen) atoms. The number of phenols is 2. The molecule has 2 N–H and O–H groups in total. The van der Waals surface area contributed by atoms with Crippen molar-refractivity contribution in [2.45, 2.75) is 103 Å². The molecule has 0 amide bonds. The summed E-state index contributed by atoms with van der Waals surface area (Å²) in [6.07, 6.45) is 19.3. The first-order valence-corrected chi connectivity index (χ1v) is 11.9. The van der Waals surface area contributed by atoms with Gasteiger partial charge in [0.25, 0.3) is 0 Å². The minimum Gasteiger partial charge on any atom is -0.504 e. The lowest BCUT2D eigenvalue weighted by atomic mass is 10.0. The van der Waals surface area contributed by atoms with Gasteiger partial charge in [0.15, 0.2) is 11.5 Å². The van der Waals surface area contributed by atoms with Crippen LogP contribution < -0.4 is 4.57 Å². The Hall–Kier alpha value is -1.29. The van der Waals surface area contributed by atoms with Gasteiger partial charge in [-0.3, -0.25) is 0 Å². The molecule has 0 radical (unpaired) electrons. The summed E-state index contributed by atoms with van der Waals surface area (Å²) in [5, 5.41) is 19.3. The van der Waals surface area contributed by atoms with E-state index in [0.717, 1.165) is 16.8 Å². The molecule has 152 valence electrons. The Morgan fingerprint density at radius 3 is 1.74 bits per heavy atom. The van der Waals surface area contributed by atoms with Gasteiger partial charge in [0.2, 0.25) is 11.0 Å². The first kappa shape index (κ1) is 22.0. The molecular weight excluding hydrogens is 354 g/mol. The fraction of sp³-hybridized carbons (Fsp3) is 0.696. The molecule has 0 saturated heterocycles. The number of aryl methyl sites for hydroxylation is 1. The average molecular weight is 393 g/mol. The van der Waals surface area contributed by atoms with Crippen LogP contribution in [0.3, 0.4) is 0 Å². The number of hydrogen-bond acceptors (Lipinski definition) is 3. The van der Waals surface area contributed by atoms with Gasteiger partial charge in [-0.2, -0.15) is 4.57 Å². The van der Waals surface area contributed by atoms with Crippen LogP contribution in [-0.4, -0.2) is 10.2 Å². The second-order valence-electron chi connectivity index (χ2n) is 7.82. The Bertz CT molecular complexity index is 653. The van der Waals surface area contributed by atoms with Crippen LogP contribution in [-0.2, 0) is 6.54 Å². The fourth-order valence-corrected chi connectivity index (χ4v) is 4.63. The van der Waals surface area contributed by atoms with Gasteiger partial charge in [0.1, 0.15) is 11.2 Å². The molecule has 0 unspecified atom stereocenters. The smallest absolute Gasteiger partial charge is 0.227 e. The highest BCUT2D eigenvalue weighted by molar-refractivity contribution is 7.16. The van der Waals surface area contributed by atoms with Gasteiger partial charge >= 0.3 is 0 Å². The molecule has 1 heterocycles. The summed E-state index contributed by atoms with van der Waals surface area (Å²) in [4.78, 5) is 0. The normalized spacial score (nSPS) is 11.4. The van der Waals surface area contributed by atoms with Gasteiger partial charge in [-0.15, -0.1) is 0 Å². The molecule has 0 bridgehead atoms. The molecular formula is C23H38NO2S+. The lowest BCUT2D eigenvalue weighted by Gasteiger charge is -2.03. The van der Waals surface area contributed by atoms with E-state index in [2.05, 4.69) is 17.0 Å². The molecule has 0 fully saturated rings. The quantitative estimate of drug-likeness (QED) is 0.193. The standard InChI is InChI=1S/C23H37NO2S/c1-2-3-4-5-6-7-8-9-10-11-12-13-14-15-16-24-19-27-23-18-22(26)21(25)17-20(23)24/h17-19H,2-16H2,1H3,(H-,25,26)/p+1. The predicted molar refractivity (Wildman–Crippen MR) is 116 cm³/mol. The number of aromatic nitrogens is 1. The van der Waals surface area contributed by atoms with Crippen LogP contribution in [0.4, 0.5) is 0 Å². The summed E-state index contributed by atoms with van der Waals surface area (Å²) in [7, 11) is 0. The van der Waals surface area contributed by atoms with Gasteiger partial charge in [0, 0.05) is 12.5 Å². The zero-order chi connectivity index (χ0) is 19.3. The highest BCUT2D eigenvalue weighted by Gasteiger charge is 2.14. The molecule has 0 aliphatic heterocycles. The Balaban J connectivity index is 1.46. The van der Waals surface area contributed by atoms with E-state index in [9.17, 15) is 10.2 Å². The van der Waals surface area contributed by atoms with E-state index < -0.39 is 0 Å². The second-order valence-corrected chi connectivity index (χ2v) is 8.71. The first-order chi connectivity index (χ1) is 13.2. The topological polar surface area (TPSA) is 44.3 Å². The molecule has 0 atom stereocenters. The molecule has 1 aromatic carbocycles. The van der Waals surface area contributed by atoms with E-state index in [4.69, 9.17) is 0 Å². The van der Waals surface area contributed by atoms with Crippen LogP contribution in [0.5, 0.6) is 11.5 Å². The molecule has 1 aromatic heterocycles. The van der Waals surface area contributed by atoms with Crippen molar-refractivity contribution in [3.05, 3.63) is 17.6 Å². The minimum absolute atomic E-state index is 0.0318. The van der Waals surface area contributed by atoms with Crippen molar-refractivity contribution < 1.29 is 14.8 Å². The van der Waals surface area contributed by atoms with Crippen molar-refractivity contribution in [2.24, 2.45) is 0 Å². The molecule has 0 aliphatic carbocycles. The maximum atomic E-state index is 9.70. The van der Waals surface area contributed by atoms with E-state index in [1.165, 1.54) is 89.9 Å². The van der Waals surface area contributed by atoms with Gasteiger partial charge < -0.3 is 10.2 Å². The van der Waals surface area contributed by atoms with Crippen molar-refractivity contribution >= 4 is 21.6 Å². The van der Waals surface area contributed by atoms with Crippen molar-refractivity contribution in [3.8, 4) is 11.5 Å². The monoisotopic (exact) mass is 392 g/mol. The molecule has 3 nitrogen and oxygen atoms in total. The Morgan fingerprint density at radius 2 is 1.19 bits per heavy atom. The Labute approximate surface area is 169 Å². The zero-order valence-corrected chi connectivity index (χ0v) is 17.9. The van der Waals surface area contributed by atoms with Crippen molar-refractivity contribution in [3.63, 3.8) is 0 Å². The number of fused-ring (bicyclic) bond motifs is 1. The lowest BCUT2D eigenvalue weighted by Crippen LogP contribution is -2.31. The van der Waals surface area contributed by atoms with Gasteiger partial charge in [-0.25, -0.2) is 0 Å². The third-order valence-electron chi connectivity index (χ3n) is 5.43. The van der Waals surface area contributed by atoms with Crippen LogP contribution >= 0.6 is 11.3 Å². The maximum absolute atomic E-state index is 9.70. The van der Waals surface area contributed by atoms with E-state index in [1.807, 2.05) is 0 Å². The van der Waals surface area contributed by atoms with Crippen LogP contribution in [0.1, 0.15) is 96.8 Å². The number of unbranched alkanes of at least 4 members (excludes halogenated alkanes) is 13. The molecule has 0 aliphatic rings. The summed E-state index contributed by atoms with van der Waals surface area (Å²) in [6, 6.07) is 3.32. The summed E-state index contributed by atoms with van der Waals surface area (Å²) >= 11 is 1.62. The summed E-state index contributed by atoms with van der Waals surface area (Å²) < 4.78 is 3.22. The van der Waals surface area contributed by atoms with Gasteiger partial charge in [-0.05, 0) is 6.42 Å². The number of nitrogens with zero attached hydrogens (tertiary/aromatic N) is 1. The Morgan fingerprint density at radius 1 is 0.704 bits per heavy atom. The SMILES string of the molecule is CCCCCCCCCCCCCCCC[n+]1csc2cc(O)c(O)cc21. The van der Waals surface area contributed by atoms with Crippen LogP contribution in [0.15, 0.2) is 17.6 Å². The van der Waals surface area contributed by atoms with Gasteiger partial charge in [0.05, 0.1) is 6.07 Å². The third kappa shape index (κ3) is 8.08.